The fraction of sp³-hybridized carbons (Fsp3) is 0.667. The van der Waals surface area contributed by atoms with Gasteiger partial charge in [0.2, 0.25) is 0 Å². The Morgan fingerprint density at radius 3 is 3.15 bits per heavy atom. The summed E-state index contributed by atoms with van der Waals surface area (Å²) in [5, 5.41) is 2.04. The molecule has 0 aliphatic carbocycles. The van der Waals surface area contributed by atoms with Crippen molar-refractivity contribution in [3.63, 3.8) is 0 Å². The highest BCUT2D eigenvalue weighted by Gasteiger charge is 2.18. The average Bonchev–Trinajstić information content (AvgIpc) is 2.52. The molecule has 0 amide bonds. The van der Waals surface area contributed by atoms with Crippen molar-refractivity contribution in [2.24, 2.45) is 5.92 Å². The van der Waals surface area contributed by atoms with Gasteiger partial charge >= 0.3 is 0 Å². The molecule has 1 saturated heterocycles. The van der Waals surface area contributed by atoms with E-state index in [0.29, 0.717) is 4.47 Å². The van der Waals surface area contributed by atoms with Gasteiger partial charge in [-0.15, -0.1) is 11.3 Å². The van der Waals surface area contributed by atoms with Crippen LogP contribution in [0.15, 0.2) is 5.38 Å². The van der Waals surface area contributed by atoms with Crippen molar-refractivity contribution in [1.82, 2.24) is 4.98 Å². The smallest absolute Gasteiger partial charge is 0.185 e. The Balaban J connectivity index is 2.08. The summed E-state index contributed by atoms with van der Waals surface area (Å²) in [6, 6.07) is 0. The molecule has 2 rings (SSSR count). The fourth-order valence-electron chi connectivity index (χ4n) is 1.79. The van der Waals surface area contributed by atoms with Gasteiger partial charge in [0.15, 0.2) is 4.47 Å². The number of anilines is 1. The maximum atomic E-state index is 5.80. The van der Waals surface area contributed by atoms with Gasteiger partial charge < -0.3 is 4.90 Å². The number of hydrogen-bond donors (Lipinski definition) is 0. The SMILES string of the molecule is C[C@H]1CCCN(c2csc(Cl)n2)C1. The number of rotatable bonds is 1. The molecule has 0 bridgehead atoms. The van der Waals surface area contributed by atoms with Gasteiger partial charge in [0.1, 0.15) is 5.82 Å². The molecule has 0 spiro atoms. The summed E-state index contributed by atoms with van der Waals surface area (Å²) in [6.45, 7) is 4.55. The summed E-state index contributed by atoms with van der Waals surface area (Å²) in [5.74, 6) is 1.84. The van der Waals surface area contributed by atoms with Gasteiger partial charge in [-0.2, -0.15) is 0 Å². The van der Waals surface area contributed by atoms with Crippen LogP contribution in [0.1, 0.15) is 19.8 Å². The predicted molar refractivity (Wildman–Crippen MR) is 57.7 cm³/mol. The minimum atomic E-state index is 0.647. The second kappa shape index (κ2) is 3.84. The van der Waals surface area contributed by atoms with Crippen LogP contribution in [-0.4, -0.2) is 18.1 Å². The van der Waals surface area contributed by atoms with Gasteiger partial charge in [0.05, 0.1) is 0 Å². The second-order valence-electron chi connectivity index (χ2n) is 3.65. The normalized spacial score (nSPS) is 23.5. The van der Waals surface area contributed by atoms with E-state index < -0.39 is 0 Å². The van der Waals surface area contributed by atoms with Gasteiger partial charge in [-0.05, 0) is 18.8 Å². The first-order valence-corrected chi connectivity index (χ1v) is 5.87. The van der Waals surface area contributed by atoms with Crippen molar-refractivity contribution in [1.29, 1.82) is 0 Å². The number of nitrogens with zero attached hydrogens (tertiary/aromatic N) is 2. The lowest BCUT2D eigenvalue weighted by atomic mass is 10.0. The molecule has 2 nitrogen and oxygen atoms in total. The summed E-state index contributed by atoms with van der Waals surface area (Å²) in [5.41, 5.74) is 0. The highest BCUT2D eigenvalue weighted by Crippen LogP contribution is 2.26. The topological polar surface area (TPSA) is 16.1 Å². The van der Waals surface area contributed by atoms with Crippen LogP contribution in [0.25, 0.3) is 0 Å². The van der Waals surface area contributed by atoms with Crippen LogP contribution in [-0.2, 0) is 0 Å². The van der Waals surface area contributed by atoms with Crippen LogP contribution in [0, 0.1) is 5.92 Å². The third-order valence-corrected chi connectivity index (χ3v) is 3.41. The molecule has 0 radical (unpaired) electrons. The Kier molecular flexibility index (Phi) is 2.74. The van der Waals surface area contributed by atoms with Crippen molar-refractivity contribution in [2.45, 2.75) is 19.8 Å². The third-order valence-electron chi connectivity index (χ3n) is 2.45. The first-order valence-electron chi connectivity index (χ1n) is 4.61. The molecule has 0 saturated carbocycles. The minimum absolute atomic E-state index is 0.647. The molecule has 1 atom stereocenters. The highest BCUT2D eigenvalue weighted by atomic mass is 35.5. The van der Waals surface area contributed by atoms with Crippen LogP contribution in [0.2, 0.25) is 4.47 Å². The molecule has 1 aromatic heterocycles. The molecule has 0 N–H and O–H groups in total. The monoisotopic (exact) mass is 216 g/mol. The molecule has 2 heterocycles. The highest BCUT2D eigenvalue weighted by molar-refractivity contribution is 7.14. The first-order chi connectivity index (χ1) is 6.25. The summed E-state index contributed by atoms with van der Waals surface area (Å²) in [7, 11) is 0. The molecular weight excluding hydrogens is 204 g/mol. The summed E-state index contributed by atoms with van der Waals surface area (Å²) in [6.07, 6.45) is 2.62. The largest absolute Gasteiger partial charge is 0.356 e. The third kappa shape index (κ3) is 2.15. The van der Waals surface area contributed by atoms with Crippen molar-refractivity contribution in [3.8, 4) is 0 Å². The number of piperidine rings is 1. The maximum absolute atomic E-state index is 5.80. The molecule has 4 heteroatoms. The van der Waals surface area contributed by atoms with E-state index in [0.717, 1.165) is 24.8 Å². The molecule has 0 unspecified atom stereocenters. The Morgan fingerprint density at radius 2 is 2.54 bits per heavy atom. The Morgan fingerprint density at radius 1 is 1.69 bits per heavy atom. The zero-order valence-electron chi connectivity index (χ0n) is 7.66. The molecule has 72 valence electrons. The van der Waals surface area contributed by atoms with E-state index in [4.69, 9.17) is 11.6 Å². The van der Waals surface area contributed by atoms with Crippen LogP contribution >= 0.6 is 22.9 Å². The standard InChI is InChI=1S/C9H13ClN2S/c1-7-3-2-4-12(5-7)8-6-13-9(10)11-8/h6-7H,2-5H2,1H3/t7-/m0/s1. The Labute approximate surface area is 87.5 Å². The second-order valence-corrected chi connectivity index (χ2v) is 5.09. The van der Waals surface area contributed by atoms with Gasteiger partial charge in [0.25, 0.3) is 0 Å². The molecule has 1 aromatic rings. The average molecular weight is 217 g/mol. The lowest BCUT2D eigenvalue weighted by molar-refractivity contribution is 0.445. The number of thiazole rings is 1. The van der Waals surface area contributed by atoms with Crippen molar-refractivity contribution in [3.05, 3.63) is 9.85 Å². The van der Waals surface area contributed by atoms with E-state index in [2.05, 4.69) is 16.8 Å². The molecule has 13 heavy (non-hydrogen) atoms. The molecule has 1 aliphatic rings. The van der Waals surface area contributed by atoms with Crippen LogP contribution in [0.5, 0.6) is 0 Å². The number of aromatic nitrogens is 1. The Bertz CT molecular complexity index is 287. The molecule has 0 aromatic carbocycles. The van der Waals surface area contributed by atoms with Crippen LogP contribution in [0.3, 0.4) is 0 Å². The van der Waals surface area contributed by atoms with Crippen LogP contribution < -0.4 is 4.90 Å². The lowest BCUT2D eigenvalue weighted by Gasteiger charge is -2.30. The van der Waals surface area contributed by atoms with Gasteiger partial charge in [-0.25, -0.2) is 4.98 Å². The van der Waals surface area contributed by atoms with Gasteiger partial charge in [0, 0.05) is 18.5 Å². The van der Waals surface area contributed by atoms with E-state index in [1.165, 1.54) is 24.2 Å². The maximum Gasteiger partial charge on any atom is 0.185 e. The van der Waals surface area contributed by atoms with Crippen LogP contribution in [0.4, 0.5) is 5.82 Å². The zero-order valence-corrected chi connectivity index (χ0v) is 9.24. The minimum Gasteiger partial charge on any atom is -0.356 e. The number of halogens is 1. The fourth-order valence-corrected chi connectivity index (χ4v) is 2.56. The van der Waals surface area contributed by atoms with E-state index in [-0.39, 0.29) is 0 Å². The van der Waals surface area contributed by atoms with E-state index in [9.17, 15) is 0 Å². The predicted octanol–water partition coefficient (Wildman–Crippen LogP) is 3.03. The summed E-state index contributed by atoms with van der Waals surface area (Å²) in [4.78, 5) is 6.61. The van der Waals surface area contributed by atoms with E-state index in [1.807, 2.05) is 5.38 Å². The van der Waals surface area contributed by atoms with Crippen molar-refractivity contribution in [2.75, 3.05) is 18.0 Å². The van der Waals surface area contributed by atoms with Crippen molar-refractivity contribution < 1.29 is 0 Å². The lowest BCUT2D eigenvalue weighted by Crippen LogP contribution is -2.34. The summed E-state index contributed by atoms with van der Waals surface area (Å²) >= 11 is 7.31. The molecule has 1 aliphatic heterocycles. The van der Waals surface area contributed by atoms with Gasteiger partial charge in [-0.1, -0.05) is 18.5 Å². The molecular formula is C9H13ClN2S. The number of hydrogen-bond acceptors (Lipinski definition) is 3. The Hall–Kier alpha value is -0.280. The van der Waals surface area contributed by atoms with E-state index in [1.54, 1.807) is 0 Å². The quantitative estimate of drug-likeness (QED) is 0.718. The zero-order chi connectivity index (χ0) is 9.26. The van der Waals surface area contributed by atoms with Crippen molar-refractivity contribution >= 4 is 28.8 Å². The van der Waals surface area contributed by atoms with Gasteiger partial charge in [-0.3, -0.25) is 0 Å². The van der Waals surface area contributed by atoms with E-state index >= 15 is 0 Å². The first kappa shape index (κ1) is 9.28. The molecule has 1 fully saturated rings. The summed E-state index contributed by atoms with van der Waals surface area (Å²) < 4.78 is 0.647.